The van der Waals surface area contributed by atoms with Gasteiger partial charge >= 0.3 is 17.9 Å². The molecule has 0 saturated carbocycles. The monoisotopic (exact) mass is 919 g/mol. The van der Waals surface area contributed by atoms with Crippen LogP contribution in [0.1, 0.15) is 336 Å². The number of ether oxygens (including phenoxy) is 3. The molecule has 0 amide bonds. The van der Waals surface area contributed by atoms with E-state index in [1.165, 1.54) is 231 Å². The molecule has 0 N–H and O–H groups in total. The molecule has 0 aromatic rings. The van der Waals surface area contributed by atoms with Crippen LogP contribution in [0.4, 0.5) is 0 Å². The van der Waals surface area contributed by atoms with Gasteiger partial charge in [0.2, 0.25) is 0 Å². The van der Waals surface area contributed by atoms with Crippen molar-refractivity contribution in [3.63, 3.8) is 0 Å². The molecule has 386 valence electrons. The molecular formula is C59H114O6. The van der Waals surface area contributed by atoms with Crippen LogP contribution in [0, 0.1) is 5.92 Å². The van der Waals surface area contributed by atoms with E-state index in [1.807, 2.05) is 0 Å². The number of rotatable bonds is 54. The van der Waals surface area contributed by atoms with Crippen LogP contribution in [-0.4, -0.2) is 37.2 Å². The minimum absolute atomic E-state index is 0.0621. The van der Waals surface area contributed by atoms with Crippen LogP contribution in [-0.2, 0) is 28.6 Å². The molecule has 0 rings (SSSR count). The summed E-state index contributed by atoms with van der Waals surface area (Å²) in [6, 6.07) is 0. The lowest BCUT2D eigenvalue weighted by Gasteiger charge is -2.18. The second-order valence-electron chi connectivity index (χ2n) is 20.8. The molecule has 0 bridgehead atoms. The summed E-state index contributed by atoms with van der Waals surface area (Å²) in [4.78, 5) is 38.1. The van der Waals surface area contributed by atoms with Gasteiger partial charge in [-0.05, 0) is 25.2 Å². The molecule has 0 radical (unpaired) electrons. The lowest BCUT2D eigenvalue weighted by Crippen LogP contribution is -2.30. The number of carbonyl (C=O) groups excluding carboxylic acids is 3. The quantitative estimate of drug-likeness (QED) is 0.0344. The Balaban J connectivity index is 4.27. The van der Waals surface area contributed by atoms with Crippen LogP contribution in [0.15, 0.2) is 0 Å². The molecule has 0 aromatic carbocycles. The van der Waals surface area contributed by atoms with E-state index in [2.05, 4.69) is 27.7 Å². The van der Waals surface area contributed by atoms with Gasteiger partial charge in [-0.1, -0.05) is 297 Å². The maximum atomic E-state index is 12.9. The summed E-state index contributed by atoms with van der Waals surface area (Å²) in [6.07, 6.45) is 58.1. The maximum Gasteiger partial charge on any atom is 0.306 e. The van der Waals surface area contributed by atoms with Crippen molar-refractivity contribution in [2.45, 2.75) is 342 Å². The molecule has 0 fully saturated rings. The minimum atomic E-state index is -0.762. The van der Waals surface area contributed by atoms with E-state index in [-0.39, 0.29) is 31.1 Å². The van der Waals surface area contributed by atoms with E-state index >= 15 is 0 Å². The van der Waals surface area contributed by atoms with E-state index in [4.69, 9.17) is 14.2 Å². The predicted molar refractivity (Wildman–Crippen MR) is 280 cm³/mol. The van der Waals surface area contributed by atoms with E-state index in [9.17, 15) is 14.4 Å². The average Bonchev–Trinajstić information content (AvgIpc) is 3.29. The first-order valence-corrected chi connectivity index (χ1v) is 29.4. The third-order valence-electron chi connectivity index (χ3n) is 13.5. The van der Waals surface area contributed by atoms with Gasteiger partial charge in [0.15, 0.2) is 6.10 Å². The molecule has 0 aliphatic rings. The van der Waals surface area contributed by atoms with Crippen LogP contribution in [0.3, 0.4) is 0 Å². The van der Waals surface area contributed by atoms with E-state index in [0.717, 1.165) is 63.7 Å². The standard InChI is InChI=1S/C59H114O6/c1-5-7-9-11-13-15-17-19-21-23-24-25-27-29-31-35-40-44-48-52-59(62)65-56(54-64-58(61)51-47-43-39-36-32-33-37-41-45-49-55(3)4)53-63-57(60)50-46-42-38-34-30-28-26-22-20-18-16-14-12-10-8-6-2/h55-56H,5-54H2,1-4H3/t56-/m1/s1. The summed E-state index contributed by atoms with van der Waals surface area (Å²) in [6.45, 7) is 9.04. The Hall–Kier alpha value is -1.59. The van der Waals surface area contributed by atoms with Gasteiger partial charge in [0, 0.05) is 19.3 Å². The topological polar surface area (TPSA) is 78.9 Å². The maximum absolute atomic E-state index is 12.9. The van der Waals surface area contributed by atoms with Crippen molar-refractivity contribution in [1.29, 1.82) is 0 Å². The van der Waals surface area contributed by atoms with Gasteiger partial charge < -0.3 is 14.2 Å². The zero-order valence-corrected chi connectivity index (χ0v) is 44.5. The fourth-order valence-corrected chi connectivity index (χ4v) is 9.10. The Morgan fingerprint density at radius 1 is 0.292 bits per heavy atom. The van der Waals surface area contributed by atoms with Crippen molar-refractivity contribution in [3.8, 4) is 0 Å². The molecular weight excluding hydrogens is 805 g/mol. The number of hydrogen-bond donors (Lipinski definition) is 0. The molecule has 1 atom stereocenters. The lowest BCUT2D eigenvalue weighted by molar-refractivity contribution is -0.167. The van der Waals surface area contributed by atoms with Crippen LogP contribution in [0.2, 0.25) is 0 Å². The molecule has 0 aromatic heterocycles. The first-order chi connectivity index (χ1) is 31.9. The second kappa shape index (κ2) is 53.4. The predicted octanol–water partition coefficient (Wildman–Crippen LogP) is 19.4. The Morgan fingerprint density at radius 2 is 0.508 bits per heavy atom. The van der Waals surface area contributed by atoms with E-state index in [1.54, 1.807) is 0 Å². The van der Waals surface area contributed by atoms with Gasteiger partial charge in [0.25, 0.3) is 0 Å². The molecule has 6 nitrogen and oxygen atoms in total. The first-order valence-electron chi connectivity index (χ1n) is 29.4. The molecule has 6 heteroatoms. The fourth-order valence-electron chi connectivity index (χ4n) is 9.10. The normalized spacial score (nSPS) is 12.0. The summed E-state index contributed by atoms with van der Waals surface area (Å²) in [5.74, 6) is -0.0278. The third-order valence-corrected chi connectivity index (χ3v) is 13.5. The Labute approximate surface area is 406 Å². The molecule has 0 unspecified atom stereocenters. The summed E-state index contributed by atoms with van der Waals surface area (Å²) >= 11 is 0. The van der Waals surface area contributed by atoms with E-state index < -0.39 is 6.10 Å². The van der Waals surface area contributed by atoms with Crippen LogP contribution < -0.4 is 0 Å². The fraction of sp³-hybridized carbons (Fsp3) is 0.949. The van der Waals surface area contributed by atoms with Crippen molar-refractivity contribution in [1.82, 2.24) is 0 Å². The van der Waals surface area contributed by atoms with Gasteiger partial charge in [-0.15, -0.1) is 0 Å². The highest BCUT2D eigenvalue weighted by atomic mass is 16.6. The average molecular weight is 920 g/mol. The Kier molecular flexibility index (Phi) is 52.1. The van der Waals surface area contributed by atoms with Crippen molar-refractivity contribution >= 4 is 17.9 Å². The van der Waals surface area contributed by atoms with Crippen LogP contribution in [0.5, 0.6) is 0 Å². The molecule has 0 heterocycles. The molecule has 0 aliphatic carbocycles. The largest absolute Gasteiger partial charge is 0.462 e. The zero-order chi connectivity index (χ0) is 47.4. The second-order valence-corrected chi connectivity index (χ2v) is 20.8. The highest BCUT2D eigenvalue weighted by Gasteiger charge is 2.19. The van der Waals surface area contributed by atoms with Crippen molar-refractivity contribution in [2.24, 2.45) is 5.92 Å². The molecule has 65 heavy (non-hydrogen) atoms. The van der Waals surface area contributed by atoms with Crippen molar-refractivity contribution in [3.05, 3.63) is 0 Å². The number of carbonyl (C=O) groups is 3. The van der Waals surface area contributed by atoms with Crippen molar-refractivity contribution < 1.29 is 28.6 Å². The van der Waals surface area contributed by atoms with Gasteiger partial charge in [-0.3, -0.25) is 14.4 Å². The highest BCUT2D eigenvalue weighted by Crippen LogP contribution is 2.18. The summed E-state index contributed by atoms with van der Waals surface area (Å²) in [5.41, 5.74) is 0. The third kappa shape index (κ3) is 53.2. The minimum Gasteiger partial charge on any atom is -0.462 e. The number of esters is 3. The Morgan fingerprint density at radius 3 is 0.754 bits per heavy atom. The van der Waals surface area contributed by atoms with Gasteiger partial charge in [0.1, 0.15) is 13.2 Å². The first kappa shape index (κ1) is 63.4. The van der Waals surface area contributed by atoms with Crippen molar-refractivity contribution in [2.75, 3.05) is 13.2 Å². The summed E-state index contributed by atoms with van der Waals surface area (Å²) in [5, 5.41) is 0. The number of unbranched alkanes of at least 4 members (excludes halogenated alkanes) is 41. The summed E-state index contributed by atoms with van der Waals surface area (Å²) < 4.78 is 16.9. The number of hydrogen-bond acceptors (Lipinski definition) is 6. The van der Waals surface area contributed by atoms with Crippen LogP contribution in [0.25, 0.3) is 0 Å². The van der Waals surface area contributed by atoms with Gasteiger partial charge in [-0.25, -0.2) is 0 Å². The highest BCUT2D eigenvalue weighted by molar-refractivity contribution is 5.71. The molecule has 0 aliphatic heterocycles. The molecule has 0 spiro atoms. The van der Waals surface area contributed by atoms with Gasteiger partial charge in [0.05, 0.1) is 0 Å². The lowest BCUT2D eigenvalue weighted by atomic mass is 10.0. The SMILES string of the molecule is CCCCCCCCCCCCCCCCCCCCCC(=O)O[C@H](COC(=O)CCCCCCCCCCCCCCCCCC)COC(=O)CCCCCCCCCCCC(C)C. The smallest absolute Gasteiger partial charge is 0.306 e. The molecule has 0 saturated heterocycles. The van der Waals surface area contributed by atoms with Gasteiger partial charge in [-0.2, -0.15) is 0 Å². The zero-order valence-electron chi connectivity index (χ0n) is 44.5. The van der Waals surface area contributed by atoms with Crippen LogP contribution >= 0.6 is 0 Å². The van der Waals surface area contributed by atoms with E-state index in [0.29, 0.717) is 19.3 Å². The Bertz CT molecular complexity index is 980. The summed E-state index contributed by atoms with van der Waals surface area (Å²) in [7, 11) is 0.